The van der Waals surface area contributed by atoms with Crippen molar-refractivity contribution in [3.8, 4) is 0 Å². The van der Waals surface area contributed by atoms with Gasteiger partial charge in [-0.1, -0.05) is 87.2 Å². The van der Waals surface area contributed by atoms with Crippen LogP contribution in [-0.4, -0.2) is 30.4 Å². The second-order valence-corrected chi connectivity index (χ2v) is 11.0. The molecule has 0 aliphatic heterocycles. The predicted octanol–water partition coefficient (Wildman–Crippen LogP) is 8.91. The summed E-state index contributed by atoms with van der Waals surface area (Å²) in [6.07, 6.45) is 12.8. The Balaban J connectivity index is 1.67. The summed E-state index contributed by atoms with van der Waals surface area (Å²) in [5.41, 5.74) is 1.88. The van der Waals surface area contributed by atoms with Gasteiger partial charge in [0.1, 0.15) is 5.82 Å². The summed E-state index contributed by atoms with van der Waals surface area (Å²) in [6.45, 7) is 5.09. The van der Waals surface area contributed by atoms with E-state index in [0.717, 1.165) is 30.8 Å². The molecule has 1 aliphatic carbocycles. The van der Waals surface area contributed by atoms with Crippen molar-refractivity contribution in [3.63, 3.8) is 0 Å². The van der Waals surface area contributed by atoms with E-state index in [2.05, 4.69) is 16.7 Å². The highest BCUT2D eigenvalue weighted by atomic mass is 35.5. The maximum absolute atomic E-state index is 13.5. The molecule has 0 saturated heterocycles. The van der Waals surface area contributed by atoms with Crippen molar-refractivity contribution in [2.75, 3.05) is 24.5 Å². The van der Waals surface area contributed by atoms with Crippen molar-refractivity contribution >= 4 is 34.8 Å². The number of benzene rings is 2. The number of carbonyl (C=O) groups is 1. The molecule has 1 aliphatic rings. The molecule has 0 spiro atoms. The molecule has 0 bridgehead atoms. The van der Waals surface area contributed by atoms with E-state index in [1.165, 1.54) is 69.9 Å². The van der Waals surface area contributed by atoms with Crippen molar-refractivity contribution in [2.45, 2.75) is 84.1 Å². The van der Waals surface area contributed by atoms with Gasteiger partial charge in [0.2, 0.25) is 5.91 Å². The maximum Gasteiger partial charge on any atom is 0.224 e. The number of hydrogen-bond acceptors (Lipinski definition) is 2. The van der Waals surface area contributed by atoms with E-state index in [9.17, 15) is 9.18 Å². The molecule has 0 radical (unpaired) electrons. The molecule has 6 heteroatoms. The monoisotopic (exact) mass is 534 g/mol. The fourth-order valence-corrected chi connectivity index (χ4v) is 5.38. The van der Waals surface area contributed by atoms with Crippen molar-refractivity contribution in [1.29, 1.82) is 0 Å². The molecule has 0 atom stereocenters. The van der Waals surface area contributed by atoms with Gasteiger partial charge in [-0.15, -0.1) is 0 Å². The third-order valence-corrected chi connectivity index (χ3v) is 7.98. The SMILES string of the molecule is CCCCCCCN(CC1CCCCC1)C(=O)CCN(Cc1ccc(F)cc1)c1ccc(Cl)c(Cl)c1. The molecule has 0 heterocycles. The van der Waals surface area contributed by atoms with Gasteiger partial charge < -0.3 is 9.80 Å². The first-order chi connectivity index (χ1) is 17.5. The predicted molar refractivity (Wildman–Crippen MR) is 150 cm³/mol. The van der Waals surface area contributed by atoms with Gasteiger partial charge in [-0.05, 0) is 61.1 Å². The van der Waals surface area contributed by atoms with Crippen molar-refractivity contribution < 1.29 is 9.18 Å². The summed E-state index contributed by atoms with van der Waals surface area (Å²) in [5.74, 6) is 0.594. The van der Waals surface area contributed by atoms with Crippen LogP contribution in [0.15, 0.2) is 42.5 Å². The second kappa shape index (κ2) is 15.5. The van der Waals surface area contributed by atoms with Gasteiger partial charge in [0.05, 0.1) is 10.0 Å². The van der Waals surface area contributed by atoms with Crippen LogP contribution in [0, 0.1) is 11.7 Å². The van der Waals surface area contributed by atoms with Crippen LogP contribution in [0.25, 0.3) is 0 Å². The molecular weight excluding hydrogens is 494 g/mol. The molecule has 1 fully saturated rings. The van der Waals surface area contributed by atoms with Gasteiger partial charge in [0, 0.05) is 38.3 Å². The van der Waals surface area contributed by atoms with E-state index in [4.69, 9.17) is 23.2 Å². The van der Waals surface area contributed by atoms with Crippen LogP contribution in [-0.2, 0) is 11.3 Å². The lowest BCUT2D eigenvalue weighted by molar-refractivity contribution is -0.131. The fraction of sp³-hybridized carbons (Fsp3) is 0.567. The lowest BCUT2D eigenvalue weighted by Crippen LogP contribution is -2.38. The topological polar surface area (TPSA) is 23.6 Å². The first-order valence-corrected chi connectivity index (χ1v) is 14.4. The van der Waals surface area contributed by atoms with E-state index in [0.29, 0.717) is 35.5 Å². The van der Waals surface area contributed by atoms with Gasteiger partial charge in [-0.25, -0.2) is 4.39 Å². The average molecular weight is 536 g/mol. The lowest BCUT2D eigenvalue weighted by Gasteiger charge is -2.31. The minimum Gasteiger partial charge on any atom is -0.367 e. The average Bonchev–Trinajstić information content (AvgIpc) is 2.89. The standard InChI is InChI=1S/C30H41Cl2FN2O/c1-2-3-4-5-9-19-35(23-24-10-7-6-8-11-24)30(36)18-20-34(22-25-12-14-26(33)15-13-25)27-16-17-28(31)29(32)21-27/h12-17,21,24H,2-11,18-20,22-23H2,1H3. The zero-order valence-corrected chi connectivity index (χ0v) is 23.2. The van der Waals surface area contributed by atoms with E-state index in [1.807, 2.05) is 12.1 Å². The fourth-order valence-electron chi connectivity index (χ4n) is 5.09. The van der Waals surface area contributed by atoms with Crippen molar-refractivity contribution in [2.24, 2.45) is 5.92 Å². The van der Waals surface area contributed by atoms with Gasteiger partial charge in [0.15, 0.2) is 0 Å². The third kappa shape index (κ3) is 9.59. The molecule has 3 nitrogen and oxygen atoms in total. The van der Waals surface area contributed by atoms with E-state index >= 15 is 0 Å². The van der Waals surface area contributed by atoms with Gasteiger partial charge in [0.25, 0.3) is 0 Å². The Bertz CT molecular complexity index is 931. The normalized spacial score (nSPS) is 14.1. The lowest BCUT2D eigenvalue weighted by atomic mass is 9.89. The molecule has 2 aromatic carbocycles. The highest BCUT2D eigenvalue weighted by Gasteiger charge is 2.22. The first-order valence-electron chi connectivity index (χ1n) is 13.7. The maximum atomic E-state index is 13.5. The molecular formula is C30H41Cl2FN2O. The van der Waals surface area contributed by atoms with Crippen LogP contribution in [0.1, 0.15) is 83.1 Å². The minimum absolute atomic E-state index is 0.222. The number of rotatable bonds is 14. The van der Waals surface area contributed by atoms with Crippen LogP contribution in [0.3, 0.4) is 0 Å². The number of carbonyl (C=O) groups excluding carboxylic acids is 1. The molecule has 2 aromatic rings. The molecule has 0 unspecified atom stereocenters. The van der Waals surface area contributed by atoms with E-state index < -0.39 is 0 Å². The highest BCUT2D eigenvalue weighted by Crippen LogP contribution is 2.29. The smallest absolute Gasteiger partial charge is 0.224 e. The Morgan fingerprint density at radius 2 is 1.64 bits per heavy atom. The molecule has 0 N–H and O–H groups in total. The molecule has 1 amide bonds. The Kier molecular flexibility index (Phi) is 12.4. The number of amides is 1. The zero-order valence-electron chi connectivity index (χ0n) is 21.7. The minimum atomic E-state index is -0.257. The largest absolute Gasteiger partial charge is 0.367 e. The highest BCUT2D eigenvalue weighted by molar-refractivity contribution is 6.42. The number of halogens is 3. The molecule has 3 rings (SSSR count). The third-order valence-electron chi connectivity index (χ3n) is 7.24. The Morgan fingerprint density at radius 1 is 0.917 bits per heavy atom. The summed E-state index contributed by atoms with van der Waals surface area (Å²) in [7, 11) is 0. The number of anilines is 1. The quantitative estimate of drug-likeness (QED) is 0.226. The van der Waals surface area contributed by atoms with Gasteiger partial charge in [-0.3, -0.25) is 4.79 Å². The molecule has 36 heavy (non-hydrogen) atoms. The van der Waals surface area contributed by atoms with E-state index in [-0.39, 0.29) is 11.7 Å². The van der Waals surface area contributed by atoms with Gasteiger partial charge >= 0.3 is 0 Å². The Labute approximate surface area is 227 Å². The van der Waals surface area contributed by atoms with E-state index in [1.54, 1.807) is 18.2 Å². The van der Waals surface area contributed by atoms with Gasteiger partial charge in [-0.2, -0.15) is 0 Å². The molecule has 0 aromatic heterocycles. The number of unbranched alkanes of at least 4 members (excludes halogenated alkanes) is 4. The zero-order chi connectivity index (χ0) is 25.8. The van der Waals surface area contributed by atoms with Crippen LogP contribution >= 0.6 is 23.2 Å². The first kappa shape index (κ1) is 28.8. The Morgan fingerprint density at radius 3 is 2.33 bits per heavy atom. The second-order valence-electron chi connectivity index (χ2n) is 10.2. The van der Waals surface area contributed by atoms with Crippen molar-refractivity contribution in [3.05, 3.63) is 63.9 Å². The molecule has 1 saturated carbocycles. The van der Waals surface area contributed by atoms with Crippen LogP contribution in [0.4, 0.5) is 10.1 Å². The van der Waals surface area contributed by atoms with Crippen LogP contribution < -0.4 is 4.90 Å². The summed E-state index contributed by atoms with van der Waals surface area (Å²) in [6, 6.07) is 12.1. The number of hydrogen-bond donors (Lipinski definition) is 0. The Hall–Kier alpha value is -1.78. The molecule has 198 valence electrons. The summed E-state index contributed by atoms with van der Waals surface area (Å²) in [4.78, 5) is 17.8. The number of nitrogens with zero attached hydrogens (tertiary/aromatic N) is 2. The summed E-state index contributed by atoms with van der Waals surface area (Å²) in [5, 5.41) is 0.982. The van der Waals surface area contributed by atoms with Crippen molar-refractivity contribution in [1.82, 2.24) is 4.90 Å². The van der Waals surface area contributed by atoms with Crippen LogP contribution in [0.5, 0.6) is 0 Å². The summed E-state index contributed by atoms with van der Waals surface area (Å²) >= 11 is 12.5. The van der Waals surface area contributed by atoms with Crippen LogP contribution in [0.2, 0.25) is 10.0 Å². The summed E-state index contributed by atoms with van der Waals surface area (Å²) < 4.78 is 13.5.